The van der Waals surface area contributed by atoms with Gasteiger partial charge in [-0.2, -0.15) is 23.5 Å². The Balaban J connectivity index is 1.75. The predicted molar refractivity (Wildman–Crippen MR) is 117 cm³/mol. The van der Waals surface area contributed by atoms with Crippen LogP contribution in [-0.2, 0) is 16.3 Å². The number of aromatic hydroxyl groups is 1. The summed E-state index contributed by atoms with van der Waals surface area (Å²) in [6.07, 6.45) is 4.13. The molecule has 0 aliphatic carbocycles. The second-order valence-electron chi connectivity index (χ2n) is 6.53. The van der Waals surface area contributed by atoms with E-state index in [1.807, 2.05) is 47.8 Å². The largest absolute Gasteiger partial charge is 0.508 e. The monoisotopic (exact) mass is 404 g/mol. The first-order valence-electron chi connectivity index (χ1n) is 9.37. The Labute approximate surface area is 170 Å². The molecule has 0 radical (unpaired) electrons. The van der Waals surface area contributed by atoms with Gasteiger partial charge >= 0.3 is 5.97 Å². The minimum atomic E-state index is -0.707. The topological polar surface area (TPSA) is 57.5 Å². The van der Waals surface area contributed by atoms with Crippen LogP contribution in [0.3, 0.4) is 0 Å². The van der Waals surface area contributed by atoms with Crippen molar-refractivity contribution in [2.24, 2.45) is 0 Å². The molecule has 0 heterocycles. The Morgan fingerprint density at radius 1 is 0.926 bits per heavy atom. The maximum atomic E-state index is 10.7. The van der Waals surface area contributed by atoms with Crippen LogP contribution in [0.1, 0.15) is 43.2 Å². The molecule has 2 aromatic carbocycles. The van der Waals surface area contributed by atoms with E-state index in [4.69, 9.17) is 5.11 Å². The van der Waals surface area contributed by atoms with Crippen LogP contribution in [0.25, 0.3) is 0 Å². The third kappa shape index (κ3) is 9.25. The van der Waals surface area contributed by atoms with Crippen LogP contribution in [0.15, 0.2) is 54.6 Å². The summed E-state index contributed by atoms with van der Waals surface area (Å²) in [6.45, 7) is 0. The van der Waals surface area contributed by atoms with Crippen LogP contribution in [0.5, 0.6) is 5.75 Å². The van der Waals surface area contributed by atoms with Gasteiger partial charge in [-0.25, -0.2) is 0 Å². The number of hydrogen-bond acceptors (Lipinski definition) is 4. The first-order chi connectivity index (χ1) is 13.1. The number of thioether (sulfide) groups is 2. The SMILES string of the molecule is O=C(O)CCCCC(CCSCc1ccccc1O)SCc1ccccc1. The molecule has 3 nitrogen and oxygen atoms in total. The number of phenols is 1. The maximum Gasteiger partial charge on any atom is 0.303 e. The van der Waals surface area contributed by atoms with Gasteiger partial charge in [-0.05, 0) is 36.6 Å². The molecule has 5 heteroatoms. The summed E-state index contributed by atoms with van der Waals surface area (Å²) in [7, 11) is 0. The van der Waals surface area contributed by atoms with E-state index in [0.29, 0.717) is 11.0 Å². The fourth-order valence-corrected chi connectivity index (χ4v) is 5.22. The third-order valence-electron chi connectivity index (χ3n) is 4.33. The molecular weight excluding hydrogens is 376 g/mol. The summed E-state index contributed by atoms with van der Waals surface area (Å²) in [5, 5.41) is 19.2. The lowest BCUT2D eigenvalue weighted by Crippen LogP contribution is -2.06. The summed E-state index contributed by atoms with van der Waals surface area (Å²) in [4.78, 5) is 10.7. The van der Waals surface area contributed by atoms with Crippen molar-refractivity contribution in [3.05, 3.63) is 65.7 Å². The zero-order chi connectivity index (χ0) is 19.3. The first kappa shape index (κ1) is 21.7. The number of rotatable bonds is 13. The van der Waals surface area contributed by atoms with Gasteiger partial charge in [-0.1, -0.05) is 55.0 Å². The smallest absolute Gasteiger partial charge is 0.303 e. The molecule has 0 aliphatic heterocycles. The fourth-order valence-electron chi connectivity index (χ4n) is 2.78. The van der Waals surface area contributed by atoms with Crippen LogP contribution in [0, 0.1) is 0 Å². The quantitative estimate of drug-likeness (QED) is 0.403. The molecule has 0 fully saturated rings. The van der Waals surface area contributed by atoms with Crippen LogP contribution in [-0.4, -0.2) is 27.2 Å². The molecule has 1 unspecified atom stereocenters. The highest BCUT2D eigenvalue weighted by Gasteiger charge is 2.11. The number of aliphatic carboxylic acids is 1. The van der Waals surface area contributed by atoms with E-state index in [0.717, 1.165) is 48.5 Å². The molecule has 0 bridgehead atoms. The van der Waals surface area contributed by atoms with E-state index in [9.17, 15) is 9.90 Å². The van der Waals surface area contributed by atoms with Gasteiger partial charge < -0.3 is 10.2 Å². The van der Waals surface area contributed by atoms with E-state index in [2.05, 4.69) is 24.3 Å². The molecule has 0 saturated heterocycles. The number of unbranched alkanes of at least 4 members (excludes halogenated alkanes) is 1. The van der Waals surface area contributed by atoms with Gasteiger partial charge in [0.05, 0.1) is 0 Å². The van der Waals surface area contributed by atoms with Crippen LogP contribution >= 0.6 is 23.5 Å². The van der Waals surface area contributed by atoms with E-state index in [-0.39, 0.29) is 6.42 Å². The van der Waals surface area contributed by atoms with Crippen LogP contribution in [0.4, 0.5) is 0 Å². The zero-order valence-corrected chi connectivity index (χ0v) is 17.2. The van der Waals surface area contributed by atoms with Gasteiger partial charge in [0.1, 0.15) is 5.75 Å². The number of benzene rings is 2. The van der Waals surface area contributed by atoms with Crippen LogP contribution in [0.2, 0.25) is 0 Å². The predicted octanol–water partition coefficient (Wildman–Crippen LogP) is 5.96. The lowest BCUT2D eigenvalue weighted by atomic mass is 10.1. The summed E-state index contributed by atoms with van der Waals surface area (Å²) in [5.74, 6) is 2.52. The lowest BCUT2D eigenvalue weighted by molar-refractivity contribution is -0.137. The number of phenolic OH excluding ortho intramolecular Hbond substituents is 1. The molecule has 0 saturated carbocycles. The normalized spacial score (nSPS) is 12.0. The second kappa shape index (κ2) is 12.7. The minimum Gasteiger partial charge on any atom is -0.508 e. The average Bonchev–Trinajstić information content (AvgIpc) is 2.67. The molecule has 0 aliphatic rings. The number of hydrogen-bond donors (Lipinski definition) is 2. The van der Waals surface area contributed by atoms with Crippen molar-refractivity contribution in [2.45, 2.75) is 48.9 Å². The number of carboxylic acids is 1. The highest BCUT2D eigenvalue weighted by Crippen LogP contribution is 2.28. The van der Waals surface area contributed by atoms with Crippen molar-refractivity contribution < 1.29 is 15.0 Å². The van der Waals surface area contributed by atoms with Crippen molar-refractivity contribution in [3.8, 4) is 5.75 Å². The van der Waals surface area contributed by atoms with Gasteiger partial charge in [-0.3, -0.25) is 4.79 Å². The van der Waals surface area contributed by atoms with E-state index >= 15 is 0 Å². The number of carbonyl (C=O) groups is 1. The van der Waals surface area contributed by atoms with Gasteiger partial charge in [0.2, 0.25) is 0 Å². The van der Waals surface area contributed by atoms with Crippen molar-refractivity contribution in [1.82, 2.24) is 0 Å². The van der Waals surface area contributed by atoms with Crippen molar-refractivity contribution in [3.63, 3.8) is 0 Å². The standard InChI is InChI=1S/C22H28O3S2/c23-21-12-6-4-10-19(21)17-26-15-14-20(11-5-7-13-22(24)25)27-16-18-8-2-1-3-9-18/h1-4,6,8-10,12,20,23H,5,7,11,13-17H2,(H,24,25). The summed E-state index contributed by atoms with van der Waals surface area (Å²) in [5.41, 5.74) is 2.32. The molecule has 2 aromatic rings. The summed E-state index contributed by atoms with van der Waals surface area (Å²) >= 11 is 3.82. The fraction of sp³-hybridized carbons (Fsp3) is 0.409. The number of para-hydroxylation sites is 1. The lowest BCUT2D eigenvalue weighted by Gasteiger charge is -2.16. The van der Waals surface area contributed by atoms with Crippen molar-refractivity contribution in [1.29, 1.82) is 0 Å². The van der Waals surface area contributed by atoms with Crippen molar-refractivity contribution >= 4 is 29.5 Å². The number of carboxylic acid groups (broad SMARTS) is 1. The van der Waals surface area contributed by atoms with Crippen LogP contribution < -0.4 is 0 Å². The molecular formula is C22H28O3S2. The highest BCUT2D eigenvalue weighted by molar-refractivity contribution is 7.99. The third-order valence-corrected chi connectivity index (χ3v) is 6.81. The maximum absolute atomic E-state index is 10.7. The van der Waals surface area contributed by atoms with Gasteiger partial charge in [0.25, 0.3) is 0 Å². The molecule has 2 N–H and O–H groups in total. The van der Waals surface area contributed by atoms with Gasteiger partial charge in [-0.15, -0.1) is 0 Å². The molecule has 0 aromatic heterocycles. The van der Waals surface area contributed by atoms with Gasteiger partial charge in [0, 0.05) is 28.7 Å². The Morgan fingerprint density at radius 2 is 1.67 bits per heavy atom. The van der Waals surface area contributed by atoms with Crippen molar-refractivity contribution in [2.75, 3.05) is 5.75 Å². The minimum absolute atomic E-state index is 0.262. The summed E-state index contributed by atoms with van der Waals surface area (Å²) < 4.78 is 0. The second-order valence-corrected chi connectivity index (χ2v) is 8.92. The molecule has 0 amide bonds. The first-order valence-corrected chi connectivity index (χ1v) is 11.6. The van der Waals surface area contributed by atoms with Gasteiger partial charge in [0.15, 0.2) is 0 Å². The molecule has 2 rings (SSSR count). The molecule has 1 atom stereocenters. The van der Waals surface area contributed by atoms with E-state index in [1.54, 1.807) is 6.07 Å². The highest BCUT2D eigenvalue weighted by atomic mass is 32.2. The van der Waals surface area contributed by atoms with E-state index < -0.39 is 5.97 Å². The Morgan fingerprint density at radius 3 is 2.41 bits per heavy atom. The molecule has 0 spiro atoms. The Kier molecular flexibility index (Phi) is 10.2. The average molecular weight is 405 g/mol. The molecule has 146 valence electrons. The van der Waals surface area contributed by atoms with E-state index in [1.165, 1.54) is 5.56 Å². The molecule has 27 heavy (non-hydrogen) atoms. The Hall–Kier alpha value is -1.59. The Bertz CT molecular complexity index is 676. The summed E-state index contributed by atoms with van der Waals surface area (Å²) in [6, 6.07) is 18.0. The zero-order valence-electron chi connectivity index (χ0n) is 15.5.